The van der Waals surface area contributed by atoms with Crippen LogP contribution >= 0.6 is 0 Å². The minimum atomic E-state index is -0.286. The van der Waals surface area contributed by atoms with Gasteiger partial charge in [-0.05, 0) is 36.4 Å². The summed E-state index contributed by atoms with van der Waals surface area (Å²) in [6.07, 6.45) is 1.56. The Morgan fingerprint density at radius 1 is 1.26 bits per heavy atom. The van der Waals surface area contributed by atoms with Crippen LogP contribution in [0.1, 0.15) is 16.3 Å². The molecular formula is C14H12N2O3. The number of furan rings is 2. The number of nitrogens with one attached hydrogen (secondary N) is 1. The summed E-state index contributed by atoms with van der Waals surface area (Å²) >= 11 is 0. The Morgan fingerprint density at radius 3 is 2.95 bits per heavy atom. The van der Waals surface area contributed by atoms with Crippen LogP contribution in [0.15, 0.2) is 51.5 Å². The molecular weight excluding hydrogens is 244 g/mol. The van der Waals surface area contributed by atoms with E-state index >= 15 is 0 Å². The second kappa shape index (κ2) is 4.53. The highest BCUT2D eigenvalue weighted by Gasteiger charge is 2.12. The van der Waals surface area contributed by atoms with Crippen molar-refractivity contribution >= 4 is 22.6 Å². The van der Waals surface area contributed by atoms with Gasteiger partial charge in [0.1, 0.15) is 11.3 Å². The SMILES string of the molecule is Nc1ccc2oc(C(=O)NCc3ccco3)cc2c1. The van der Waals surface area contributed by atoms with Gasteiger partial charge in [-0.15, -0.1) is 0 Å². The summed E-state index contributed by atoms with van der Waals surface area (Å²) in [6.45, 7) is 0.324. The van der Waals surface area contributed by atoms with Crippen LogP contribution in [-0.4, -0.2) is 5.91 Å². The number of hydrogen-bond donors (Lipinski definition) is 2. The van der Waals surface area contributed by atoms with Crippen LogP contribution < -0.4 is 11.1 Å². The Balaban J connectivity index is 1.77. The van der Waals surface area contributed by atoms with Gasteiger partial charge in [0.25, 0.3) is 5.91 Å². The predicted octanol–water partition coefficient (Wildman–Crippen LogP) is 2.54. The van der Waals surface area contributed by atoms with Gasteiger partial charge < -0.3 is 19.9 Å². The summed E-state index contributed by atoms with van der Waals surface area (Å²) in [5.74, 6) is 0.659. The lowest BCUT2D eigenvalue weighted by atomic mass is 10.2. The molecule has 3 N–H and O–H groups in total. The van der Waals surface area contributed by atoms with Crippen molar-refractivity contribution in [1.82, 2.24) is 5.32 Å². The number of amides is 1. The Hall–Kier alpha value is -2.69. The molecule has 19 heavy (non-hydrogen) atoms. The number of nitrogen functional groups attached to an aromatic ring is 1. The third kappa shape index (κ3) is 2.30. The highest BCUT2D eigenvalue weighted by molar-refractivity contribution is 5.96. The van der Waals surface area contributed by atoms with Crippen molar-refractivity contribution in [2.24, 2.45) is 0 Å². The van der Waals surface area contributed by atoms with Gasteiger partial charge in [-0.1, -0.05) is 0 Å². The molecule has 0 aliphatic heterocycles. The molecule has 0 spiro atoms. The molecule has 1 amide bonds. The Kier molecular flexibility index (Phi) is 2.72. The number of hydrogen-bond acceptors (Lipinski definition) is 4. The van der Waals surface area contributed by atoms with Crippen LogP contribution in [0.2, 0.25) is 0 Å². The highest BCUT2D eigenvalue weighted by atomic mass is 16.3. The summed E-state index contributed by atoms with van der Waals surface area (Å²) in [5.41, 5.74) is 6.95. The molecule has 3 aromatic rings. The molecule has 0 aliphatic rings. The quantitative estimate of drug-likeness (QED) is 0.705. The monoisotopic (exact) mass is 256 g/mol. The van der Waals surface area contributed by atoms with Gasteiger partial charge in [-0.2, -0.15) is 0 Å². The lowest BCUT2D eigenvalue weighted by Crippen LogP contribution is -2.21. The number of carbonyl (C=O) groups excluding carboxylic acids is 1. The summed E-state index contributed by atoms with van der Waals surface area (Å²) in [5, 5.41) is 3.53. The number of nitrogens with two attached hydrogens (primary N) is 1. The zero-order valence-corrected chi connectivity index (χ0v) is 10.1. The molecule has 0 unspecified atom stereocenters. The first kappa shape index (κ1) is 11.4. The van der Waals surface area contributed by atoms with Gasteiger partial charge in [-0.25, -0.2) is 0 Å². The van der Waals surface area contributed by atoms with E-state index in [-0.39, 0.29) is 11.7 Å². The third-order valence-corrected chi connectivity index (χ3v) is 2.77. The van der Waals surface area contributed by atoms with Crippen molar-refractivity contribution < 1.29 is 13.6 Å². The van der Waals surface area contributed by atoms with Gasteiger partial charge in [-0.3, -0.25) is 4.79 Å². The largest absolute Gasteiger partial charge is 0.467 e. The van der Waals surface area contributed by atoms with Crippen LogP contribution in [0.25, 0.3) is 11.0 Å². The van der Waals surface area contributed by atoms with Crippen molar-refractivity contribution in [1.29, 1.82) is 0 Å². The second-order valence-corrected chi connectivity index (χ2v) is 4.17. The second-order valence-electron chi connectivity index (χ2n) is 4.17. The number of anilines is 1. The maximum absolute atomic E-state index is 11.9. The lowest BCUT2D eigenvalue weighted by Gasteiger charge is -1.99. The van der Waals surface area contributed by atoms with Crippen LogP contribution in [-0.2, 0) is 6.54 Å². The van der Waals surface area contributed by atoms with Crippen LogP contribution in [0.4, 0.5) is 5.69 Å². The molecule has 0 radical (unpaired) electrons. The fraction of sp³-hybridized carbons (Fsp3) is 0.0714. The molecule has 3 rings (SSSR count). The number of benzene rings is 1. The molecule has 0 atom stereocenters. The minimum absolute atomic E-state index is 0.257. The van der Waals surface area contributed by atoms with E-state index in [2.05, 4.69) is 5.32 Å². The summed E-state index contributed by atoms with van der Waals surface area (Å²) in [4.78, 5) is 11.9. The number of fused-ring (bicyclic) bond motifs is 1. The van der Waals surface area contributed by atoms with Gasteiger partial charge >= 0.3 is 0 Å². The molecule has 2 aromatic heterocycles. The first-order valence-corrected chi connectivity index (χ1v) is 5.82. The summed E-state index contributed by atoms with van der Waals surface area (Å²) in [6, 6.07) is 10.5. The van der Waals surface area contributed by atoms with Crippen LogP contribution in [0.3, 0.4) is 0 Å². The lowest BCUT2D eigenvalue weighted by molar-refractivity contribution is 0.0922. The van der Waals surface area contributed by atoms with E-state index < -0.39 is 0 Å². The Bertz CT molecular complexity index is 713. The van der Waals surface area contributed by atoms with Crippen molar-refractivity contribution in [2.75, 3.05) is 5.73 Å². The van der Waals surface area contributed by atoms with Crippen molar-refractivity contribution in [3.63, 3.8) is 0 Å². The van der Waals surface area contributed by atoms with E-state index in [1.165, 1.54) is 0 Å². The van der Waals surface area contributed by atoms with E-state index in [4.69, 9.17) is 14.6 Å². The molecule has 0 bridgehead atoms. The minimum Gasteiger partial charge on any atom is -0.467 e. The Labute approximate surface area is 109 Å². The van der Waals surface area contributed by atoms with Gasteiger partial charge in [0.15, 0.2) is 5.76 Å². The van der Waals surface area contributed by atoms with Crippen molar-refractivity contribution in [3.8, 4) is 0 Å². The molecule has 96 valence electrons. The number of rotatable bonds is 3. The fourth-order valence-electron chi connectivity index (χ4n) is 1.84. The van der Waals surface area contributed by atoms with Crippen molar-refractivity contribution in [3.05, 3.63) is 54.2 Å². The maximum Gasteiger partial charge on any atom is 0.287 e. The number of carbonyl (C=O) groups is 1. The first-order chi connectivity index (χ1) is 9.22. The zero-order chi connectivity index (χ0) is 13.2. The predicted molar refractivity (Wildman–Crippen MR) is 70.5 cm³/mol. The molecule has 5 nitrogen and oxygen atoms in total. The van der Waals surface area contributed by atoms with E-state index in [1.54, 1.807) is 42.7 Å². The standard InChI is InChI=1S/C14H12N2O3/c15-10-3-4-12-9(6-10)7-13(19-12)14(17)16-8-11-2-1-5-18-11/h1-7H,8,15H2,(H,16,17). The third-order valence-electron chi connectivity index (χ3n) is 2.77. The topological polar surface area (TPSA) is 81.4 Å². The smallest absolute Gasteiger partial charge is 0.287 e. The van der Waals surface area contributed by atoms with Crippen molar-refractivity contribution in [2.45, 2.75) is 6.54 Å². The van der Waals surface area contributed by atoms with E-state index in [0.717, 1.165) is 5.39 Å². The average molecular weight is 256 g/mol. The highest BCUT2D eigenvalue weighted by Crippen LogP contribution is 2.21. The molecule has 0 saturated carbocycles. The van der Waals surface area contributed by atoms with Gasteiger partial charge in [0.05, 0.1) is 12.8 Å². The zero-order valence-electron chi connectivity index (χ0n) is 10.1. The molecule has 5 heteroatoms. The average Bonchev–Trinajstić information content (AvgIpc) is 3.04. The summed E-state index contributed by atoms with van der Waals surface area (Å²) < 4.78 is 10.6. The van der Waals surface area contributed by atoms with Crippen LogP contribution in [0.5, 0.6) is 0 Å². The molecule has 1 aromatic carbocycles. The molecule has 2 heterocycles. The normalized spacial score (nSPS) is 10.7. The fourth-order valence-corrected chi connectivity index (χ4v) is 1.84. The van der Waals surface area contributed by atoms with E-state index in [1.807, 2.05) is 0 Å². The molecule has 0 aliphatic carbocycles. The van der Waals surface area contributed by atoms with Crippen LogP contribution in [0, 0.1) is 0 Å². The van der Waals surface area contributed by atoms with E-state index in [9.17, 15) is 4.79 Å². The molecule has 0 fully saturated rings. The van der Waals surface area contributed by atoms with Gasteiger partial charge in [0.2, 0.25) is 0 Å². The summed E-state index contributed by atoms with van der Waals surface area (Å²) in [7, 11) is 0. The maximum atomic E-state index is 11.9. The first-order valence-electron chi connectivity index (χ1n) is 5.82. The Morgan fingerprint density at radius 2 is 2.16 bits per heavy atom. The van der Waals surface area contributed by atoms with E-state index in [0.29, 0.717) is 23.6 Å². The molecule has 0 saturated heterocycles. The van der Waals surface area contributed by atoms with Gasteiger partial charge in [0, 0.05) is 11.1 Å².